The van der Waals surface area contributed by atoms with E-state index < -0.39 is 5.97 Å². The van der Waals surface area contributed by atoms with Crippen molar-refractivity contribution < 1.29 is 19.0 Å². The molecule has 2 aromatic rings. The van der Waals surface area contributed by atoms with Gasteiger partial charge in [0.25, 0.3) is 0 Å². The molecule has 1 aromatic carbocycles. The first kappa shape index (κ1) is 13.6. The number of pyridine rings is 1. The Morgan fingerprint density at radius 1 is 1.21 bits per heavy atom. The number of carbonyl (C=O) groups excluding carboxylic acids is 1. The molecule has 2 rings (SSSR count). The fraction of sp³-hybridized carbons (Fsp3) is 0.231. The Hall–Kier alpha value is -1.82. The third-order valence-corrected chi connectivity index (χ3v) is 3.56. The smallest absolute Gasteiger partial charge is 0.340 e. The van der Waals surface area contributed by atoms with Crippen molar-refractivity contribution in [3.05, 3.63) is 28.4 Å². The minimum Gasteiger partial charge on any atom is -0.497 e. The summed E-state index contributed by atoms with van der Waals surface area (Å²) in [4.78, 5) is 15.9. The maximum Gasteiger partial charge on any atom is 0.340 e. The highest BCUT2D eigenvalue weighted by Gasteiger charge is 2.17. The Balaban J connectivity index is 2.77. The van der Waals surface area contributed by atoms with Crippen LogP contribution in [0.1, 0.15) is 10.4 Å². The van der Waals surface area contributed by atoms with Crippen molar-refractivity contribution >= 4 is 32.8 Å². The van der Waals surface area contributed by atoms with Gasteiger partial charge in [-0.3, -0.25) is 4.98 Å². The average Bonchev–Trinajstić information content (AvgIpc) is 2.46. The van der Waals surface area contributed by atoms with Gasteiger partial charge in [-0.25, -0.2) is 4.79 Å². The first-order chi connectivity index (χ1) is 9.12. The molecular weight excluding hydrogens is 314 g/mol. The van der Waals surface area contributed by atoms with E-state index in [9.17, 15) is 4.79 Å². The first-order valence-electron chi connectivity index (χ1n) is 5.41. The van der Waals surface area contributed by atoms with Crippen molar-refractivity contribution in [2.24, 2.45) is 0 Å². The SMILES string of the molecule is COC(=O)c1cnc2c(OC)cc(OC)cc2c1Br. The summed E-state index contributed by atoms with van der Waals surface area (Å²) in [5.74, 6) is 0.739. The van der Waals surface area contributed by atoms with Crippen LogP contribution in [0.5, 0.6) is 11.5 Å². The average molecular weight is 326 g/mol. The zero-order valence-corrected chi connectivity index (χ0v) is 12.3. The maximum atomic E-state index is 11.6. The van der Waals surface area contributed by atoms with Gasteiger partial charge >= 0.3 is 5.97 Å². The van der Waals surface area contributed by atoms with Gasteiger partial charge in [-0.1, -0.05) is 0 Å². The van der Waals surface area contributed by atoms with E-state index in [1.165, 1.54) is 13.3 Å². The normalized spacial score (nSPS) is 10.3. The third kappa shape index (κ3) is 2.35. The van der Waals surface area contributed by atoms with Gasteiger partial charge in [-0.15, -0.1) is 0 Å². The molecule has 100 valence electrons. The number of benzene rings is 1. The Labute approximate surface area is 118 Å². The van der Waals surface area contributed by atoms with E-state index >= 15 is 0 Å². The molecule has 0 unspecified atom stereocenters. The standard InChI is InChI=1S/C13H12BrNO4/c1-17-7-4-8-11(14)9(13(16)19-3)6-15-12(8)10(5-7)18-2/h4-6H,1-3H3. The van der Waals surface area contributed by atoms with Crippen LogP contribution in [0.25, 0.3) is 10.9 Å². The van der Waals surface area contributed by atoms with Crippen molar-refractivity contribution in [3.8, 4) is 11.5 Å². The van der Waals surface area contributed by atoms with Crippen molar-refractivity contribution in [2.75, 3.05) is 21.3 Å². The van der Waals surface area contributed by atoms with Crippen LogP contribution in [0.2, 0.25) is 0 Å². The van der Waals surface area contributed by atoms with Gasteiger partial charge in [0.05, 0.1) is 26.9 Å². The number of ether oxygens (including phenoxy) is 3. The fourth-order valence-electron chi connectivity index (χ4n) is 1.74. The largest absolute Gasteiger partial charge is 0.497 e. The van der Waals surface area contributed by atoms with Gasteiger partial charge in [-0.2, -0.15) is 0 Å². The number of nitrogens with zero attached hydrogens (tertiary/aromatic N) is 1. The first-order valence-corrected chi connectivity index (χ1v) is 6.20. The number of rotatable bonds is 3. The number of fused-ring (bicyclic) bond motifs is 1. The molecule has 0 amide bonds. The van der Waals surface area contributed by atoms with Gasteiger partial charge in [-0.05, 0) is 22.0 Å². The lowest BCUT2D eigenvalue weighted by atomic mass is 10.1. The minimum atomic E-state index is -0.455. The fourth-order valence-corrected chi connectivity index (χ4v) is 2.31. The molecular formula is C13H12BrNO4. The molecule has 0 aliphatic carbocycles. The molecule has 0 saturated heterocycles. The number of methoxy groups -OCH3 is 3. The van der Waals surface area contributed by atoms with Crippen LogP contribution in [0.4, 0.5) is 0 Å². The van der Waals surface area contributed by atoms with Crippen molar-refractivity contribution in [1.29, 1.82) is 0 Å². The van der Waals surface area contributed by atoms with Crippen molar-refractivity contribution in [1.82, 2.24) is 4.98 Å². The van der Waals surface area contributed by atoms with Crippen LogP contribution in [-0.4, -0.2) is 32.3 Å². The van der Waals surface area contributed by atoms with E-state index in [0.717, 1.165) is 5.39 Å². The number of hydrogen-bond acceptors (Lipinski definition) is 5. The van der Waals surface area contributed by atoms with E-state index in [1.54, 1.807) is 26.4 Å². The molecule has 19 heavy (non-hydrogen) atoms. The van der Waals surface area contributed by atoms with Gasteiger partial charge in [0, 0.05) is 22.1 Å². The number of carbonyl (C=O) groups is 1. The van der Waals surface area contributed by atoms with Crippen molar-refractivity contribution in [3.63, 3.8) is 0 Å². The molecule has 1 aromatic heterocycles. The number of aromatic nitrogens is 1. The maximum absolute atomic E-state index is 11.6. The van der Waals surface area contributed by atoms with E-state index in [2.05, 4.69) is 20.9 Å². The summed E-state index contributed by atoms with van der Waals surface area (Å²) < 4.78 is 15.8. The summed E-state index contributed by atoms with van der Waals surface area (Å²) in [6, 6.07) is 3.51. The molecule has 0 saturated carbocycles. The van der Waals surface area contributed by atoms with Crippen molar-refractivity contribution in [2.45, 2.75) is 0 Å². The molecule has 0 bridgehead atoms. The second kappa shape index (κ2) is 5.44. The van der Waals surface area contributed by atoms with E-state index in [1.807, 2.05) is 0 Å². The summed E-state index contributed by atoms with van der Waals surface area (Å²) in [5, 5.41) is 0.721. The Morgan fingerprint density at radius 2 is 1.95 bits per heavy atom. The highest BCUT2D eigenvalue weighted by Crippen LogP contribution is 2.35. The molecule has 0 N–H and O–H groups in total. The van der Waals surface area contributed by atoms with Crippen LogP contribution in [0.3, 0.4) is 0 Å². The molecule has 5 nitrogen and oxygen atoms in total. The zero-order valence-electron chi connectivity index (χ0n) is 10.7. The van der Waals surface area contributed by atoms with Gasteiger partial charge in [0.2, 0.25) is 0 Å². The second-order valence-corrected chi connectivity index (χ2v) is 4.50. The predicted molar refractivity (Wildman–Crippen MR) is 73.9 cm³/mol. The summed E-state index contributed by atoms with van der Waals surface area (Å²) in [6.07, 6.45) is 1.45. The summed E-state index contributed by atoms with van der Waals surface area (Å²) in [5.41, 5.74) is 0.994. The number of hydrogen-bond donors (Lipinski definition) is 0. The lowest BCUT2D eigenvalue weighted by molar-refractivity contribution is 0.0599. The molecule has 0 atom stereocenters. The van der Waals surface area contributed by atoms with E-state index in [0.29, 0.717) is 27.1 Å². The predicted octanol–water partition coefficient (Wildman–Crippen LogP) is 2.80. The highest BCUT2D eigenvalue weighted by atomic mass is 79.9. The summed E-state index contributed by atoms with van der Waals surface area (Å²) in [7, 11) is 4.44. The van der Waals surface area contributed by atoms with Crippen LogP contribution in [0, 0.1) is 0 Å². The third-order valence-electron chi connectivity index (χ3n) is 2.71. The van der Waals surface area contributed by atoms with E-state index in [-0.39, 0.29) is 0 Å². The molecule has 1 heterocycles. The summed E-state index contributed by atoms with van der Waals surface area (Å²) in [6.45, 7) is 0. The molecule has 0 radical (unpaired) electrons. The molecule has 0 aliphatic heterocycles. The van der Waals surface area contributed by atoms with Gasteiger partial charge in [0.1, 0.15) is 17.0 Å². The Kier molecular flexibility index (Phi) is 3.90. The highest BCUT2D eigenvalue weighted by molar-refractivity contribution is 9.10. The molecule has 6 heteroatoms. The molecule has 0 spiro atoms. The topological polar surface area (TPSA) is 57.7 Å². The minimum absolute atomic E-state index is 0.352. The second-order valence-electron chi connectivity index (χ2n) is 3.70. The number of esters is 1. The van der Waals surface area contributed by atoms with Crippen LogP contribution < -0.4 is 9.47 Å². The van der Waals surface area contributed by atoms with Crippen LogP contribution in [0.15, 0.2) is 22.8 Å². The Morgan fingerprint density at radius 3 is 2.53 bits per heavy atom. The molecule has 0 fully saturated rings. The lowest BCUT2D eigenvalue weighted by Crippen LogP contribution is -2.04. The summed E-state index contributed by atoms with van der Waals surface area (Å²) >= 11 is 3.40. The Bertz CT molecular complexity index is 642. The zero-order chi connectivity index (χ0) is 14.0. The van der Waals surface area contributed by atoms with E-state index in [4.69, 9.17) is 14.2 Å². The number of halogens is 1. The lowest BCUT2D eigenvalue weighted by Gasteiger charge is -2.11. The quantitative estimate of drug-likeness (QED) is 0.812. The van der Waals surface area contributed by atoms with Crippen LogP contribution >= 0.6 is 15.9 Å². The molecule has 0 aliphatic rings. The van der Waals surface area contributed by atoms with Gasteiger partial charge < -0.3 is 14.2 Å². The van der Waals surface area contributed by atoms with Crippen LogP contribution in [-0.2, 0) is 4.74 Å². The van der Waals surface area contributed by atoms with Gasteiger partial charge in [0.15, 0.2) is 0 Å². The monoisotopic (exact) mass is 325 g/mol.